The van der Waals surface area contributed by atoms with Crippen LogP contribution in [-0.4, -0.2) is 47.0 Å². The molecule has 0 saturated carbocycles. The highest BCUT2D eigenvalue weighted by atomic mass is 19.1. The Labute approximate surface area is 158 Å². The molecule has 1 aromatic rings. The van der Waals surface area contributed by atoms with Crippen molar-refractivity contribution in [2.75, 3.05) is 13.1 Å². The molecule has 7 nitrogen and oxygen atoms in total. The molecule has 2 rings (SSSR count). The van der Waals surface area contributed by atoms with E-state index in [1.165, 1.54) is 11.0 Å². The van der Waals surface area contributed by atoms with Crippen molar-refractivity contribution in [1.29, 1.82) is 0 Å². The van der Waals surface area contributed by atoms with Gasteiger partial charge in [-0.05, 0) is 52.2 Å². The van der Waals surface area contributed by atoms with Crippen LogP contribution in [0.2, 0.25) is 0 Å². The Morgan fingerprint density at radius 2 is 1.81 bits per heavy atom. The van der Waals surface area contributed by atoms with Crippen molar-refractivity contribution >= 4 is 17.9 Å². The zero-order chi connectivity index (χ0) is 20.4. The fraction of sp³-hybridized carbons (Fsp3) is 0.526. The number of nitrogens with one attached hydrogen (secondary N) is 1. The molecule has 27 heavy (non-hydrogen) atoms. The van der Waals surface area contributed by atoms with Gasteiger partial charge in [-0.1, -0.05) is 12.1 Å². The van der Waals surface area contributed by atoms with E-state index in [0.29, 0.717) is 5.56 Å². The molecule has 1 heterocycles. The molecule has 0 spiro atoms. The monoisotopic (exact) mass is 379 g/mol. The predicted molar refractivity (Wildman–Crippen MR) is 97.6 cm³/mol. The number of carbonyl (C=O) groups is 3. The van der Waals surface area contributed by atoms with Gasteiger partial charge in [-0.3, -0.25) is 9.59 Å². The quantitative estimate of drug-likeness (QED) is 0.840. The second-order valence-electron chi connectivity index (χ2n) is 7.80. The lowest BCUT2D eigenvalue weighted by atomic mass is 9.86. The number of piperidine rings is 1. The zero-order valence-corrected chi connectivity index (χ0v) is 16.1. The first-order valence-electron chi connectivity index (χ1n) is 8.81. The van der Waals surface area contributed by atoms with Crippen molar-refractivity contribution in [1.82, 2.24) is 10.2 Å². The third-order valence-electron chi connectivity index (χ3n) is 4.53. The van der Waals surface area contributed by atoms with Gasteiger partial charge in [0.15, 0.2) is 0 Å². The lowest BCUT2D eigenvalue weighted by Gasteiger charge is -2.40. The number of benzene rings is 1. The molecule has 0 bridgehead atoms. The summed E-state index contributed by atoms with van der Waals surface area (Å²) < 4.78 is 19.5. The molecule has 8 heteroatoms. The summed E-state index contributed by atoms with van der Waals surface area (Å²) in [5, 5.41) is 2.59. The zero-order valence-electron chi connectivity index (χ0n) is 16.1. The molecule has 1 aromatic carbocycles. The molecular weight excluding hydrogens is 353 g/mol. The van der Waals surface area contributed by atoms with Gasteiger partial charge in [-0.15, -0.1) is 0 Å². The molecule has 0 aromatic heterocycles. The van der Waals surface area contributed by atoms with Crippen LogP contribution in [0.4, 0.5) is 9.18 Å². The standard InChI is InChI=1S/C19H26FN3O4/c1-12-6-5-7-13(14(12)20)15(24)22-19(16(21)25)8-10-23(11-9-19)17(26)27-18(2,3)4/h5-7H,8-11H2,1-4H3,(H2,21,25)(H,22,24). The van der Waals surface area contributed by atoms with Crippen LogP contribution in [0.3, 0.4) is 0 Å². The molecular formula is C19H26FN3O4. The molecule has 0 radical (unpaired) electrons. The number of hydrogen-bond acceptors (Lipinski definition) is 4. The lowest BCUT2D eigenvalue weighted by Crippen LogP contribution is -2.63. The summed E-state index contributed by atoms with van der Waals surface area (Å²) in [6.45, 7) is 7.22. The molecule has 1 aliphatic heterocycles. The number of carbonyl (C=O) groups excluding carboxylic acids is 3. The molecule has 1 fully saturated rings. The number of halogens is 1. The summed E-state index contributed by atoms with van der Waals surface area (Å²) in [5.74, 6) is -2.06. The van der Waals surface area contributed by atoms with Crippen LogP contribution >= 0.6 is 0 Å². The van der Waals surface area contributed by atoms with E-state index in [4.69, 9.17) is 10.5 Å². The fourth-order valence-corrected chi connectivity index (χ4v) is 2.94. The number of amides is 3. The first-order chi connectivity index (χ1) is 12.4. The number of aryl methyl sites for hydroxylation is 1. The third kappa shape index (κ3) is 4.75. The largest absolute Gasteiger partial charge is 0.444 e. The van der Waals surface area contributed by atoms with Crippen molar-refractivity contribution < 1.29 is 23.5 Å². The molecule has 0 aliphatic carbocycles. The highest BCUT2D eigenvalue weighted by Crippen LogP contribution is 2.25. The Morgan fingerprint density at radius 1 is 1.22 bits per heavy atom. The van der Waals surface area contributed by atoms with Gasteiger partial charge in [0.25, 0.3) is 5.91 Å². The van der Waals surface area contributed by atoms with Crippen molar-refractivity contribution in [3.05, 3.63) is 35.1 Å². The molecule has 148 valence electrons. The number of nitrogens with zero attached hydrogens (tertiary/aromatic N) is 1. The van der Waals surface area contributed by atoms with E-state index in [0.717, 1.165) is 0 Å². The SMILES string of the molecule is Cc1cccc(C(=O)NC2(C(N)=O)CCN(C(=O)OC(C)(C)C)CC2)c1F. The van der Waals surface area contributed by atoms with Crippen LogP contribution in [0.25, 0.3) is 0 Å². The summed E-state index contributed by atoms with van der Waals surface area (Å²) in [7, 11) is 0. The number of likely N-dealkylation sites (tertiary alicyclic amines) is 1. The van der Waals surface area contributed by atoms with Crippen LogP contribution in [0.15, 0.2) is 18.2 Å². The summed E-state index contributed by atoms with van der Waals surface area (Å²) in [6, 6.07) is 4.47. The van der Waals surface area contributed by atoms with Gasteiger partial charge in [-0.25, -0.2) is 9.18 Å². The first-order valence-corrected chi connectivity index (χ1v) is 8.81. The van der Waals surface area contributed by atoms with Crippen molar-refractivity contribution in [3.63, 3.8) is 0 Å². The Bertz CT molecular complexity index is 750. The molecule has 0 atom stereocenters. The van der Waals surface area contributed by atoms with E-state index in [-0.39, 0.29) is 31.5 Å². The number of primary amides is 1. The number of nitrogens with two attached hydrogens (primary N) is 1. The minimum absolute atomic E-state index is 0.126. The summed E-state index contributed by atoms with van der Waals surface area (Å²) in [5.41, 5.74) is 3.74. The normalized spacial score (nSPS) is 16.6. The maximum absolute atomic E-state index is 14.2. The van der Waals surface area contributed by atoms with E-state index >= 15 is 0 Å². The minimum atomic E-state index is -1.34. The predicted octanol–water partition coefficient (Wildman–Crippen LogP) is 2.12. The Kier molecular flexibility index (Phi) is 5.77. The van der Waals surface area contributed by atoms with Gasteiger partial charge in [0.1, 0.15) is 17.0 Å². The van der Waals surface area contributed by atoms with Crippen molar-refractivity contribution in [2.45, 2.75) is 51.7 Å². The van der Waals surface area contributed by atoms with E-state index < -0.39 is 34.9 Å². The molecule has 3 amide bonds. The van der Waals surface area contributed by atoms with Crippen LogP contribution in [0.1, 0.15) is 49.5 Å². The van der Waals surface area contributed by atoms with Crippen molar-refractivity contribution in [3.8, 4) is 0 Å². The Balaban J connectivity index is 2.12. The van der Waals surface area contributed by atoms with Gasteiger partial charge in [0.05, 0.1) is 5.56 Å². The molecule has 3 N–H and O–H groups in total. The average Bonchev–Trinajstić information content (AvgIpc) is 2.56. The molecule has 0 unspecified atom stereocenters. The van der Waals surface area contributed by atoms with E-state index in [2.05, 4.69) is 5.32 Å². The lowest BCUT2D eigenvalue weighted by molar-refractivity contribution is -0.126. The van der Waals surface area contributed by atoms with E-state index in [1.54, 1.807) is 39.8 Å². The van der Waals surface area contributed by atoms with E-state index in [1.807, 2.05) is 0 Å². The second-order valence-corrected chi connectivity index (χ2v) is 7.80. The average molecular weight is 379 g/mol. The van der Waals surface area contributed by atoms with Gasteiger partial charge in [-0.2, -0.15) is 0 Å². The molecule has 1 aliphatic rings. The van der Waals surface area contributed by atoms with Crippen LogP contribution < -0.4 is 11.1 Å². The van der Waals surface area contributed by atoms with Gasteiger partial charge < -0.3 is 20.7 Å². The van der Waals surface area contributed by atoms with Gasteiger partial charge >= 0.3 is 6.09 Å². The van der Waals surface area contributed by atoms with Gasteiger partial charge in [0, 0.05) is 13.1 Å². The highest BCUT2D eigenvalue weighted by molar-refractivity contribution is 5.99. The van der Waals surface area contributed by atoms with Crippen molar-refractivity contribution in [2.24, 2.45) is 5.73 Å². The highest BCUT2D eigenvalue weighted by Gasteiger charge is 2.43. The first kappa shape index (κ1) is 20.7. The third-order valence-corrected chi connectivity index (χ3v) is 4.53. The summed E-state index contributed by atoms with van der Waals surface area (Å²) in [6.07, 6.45) is -0.238. The Hall–Kier alpha value is -2.64. The van der Waals surface area contributed by atoms with Gasteiger partial charge in [0.2, 0.25) is 5.91 Å². The second kappa shape index (κ2) is 7.54. The fourth-order valence-electron chi connectivity index (χ4n) is 2.94. The minimum Gasteiger partial charge on any atom is -0.444 e. The smallest absolute Gasteiger partial charge is 0.410 e. The summed E-state index contributed by atoms with van der Waals surface area (Å²) in [4.78, 5) is 38.2. The number of ether oxygens (including phenoxy) is 1. The maximum Gasteiger partial charge on any atom is 0.410 e. The maximum atomic E-state index is 14.2. The van der Waals surface area contributed by atoms with E-state index in [9.17, 15) is 18.8 Å². The molecule has 1 saturated heterocycles. The summed E-state index contributed by atoms with van der Waals surface area (Å²) >= 11 is 0. The number of hydrogen-bond donors (Lipinski definition) is 2. The topological polar surface area (TPSA) is 102 Å². The van der Waals surface area contributed by atoms with Crippen LogP contribution in [0.5, 0.6) is 0 Å². The Morgan fingerprint density at radius 3 is 2.33 bits per heavy atom. The van der Waals surface area contributed by atoms with Crippen LogP contribution in [-0.2, 0) is 9.53 Å². The number of rotatable bonds is 3. The van der Waals surface area contributed by atoms with Crippen LogP contribution in [0, 0.1) is 12.7 Å².